The monoisotopic (exact) mass is 530 g/mol. The van der Waals surface area contributed by atoms with Gasteiger partial charge in [0.05, 0.1) is 0 Å². The van der Waals surface area contributed by atoms with E-state index >= 15 is 0 Å². The Kier molecular flexibility index (Phi) is 9.03. The number of hydrogen-bond acceptors (Lipinski definition) is 6. The van der Waals surface area contributed by atoms with Crippen LogP contribution in [0.2, 0.25) is 0 Å². The normalized spacial score (nSPS) is 35.9. The molecular formula is C31H46O7. The maximum atomic E-state index is 12.9. The summed E-state index contributed by atoms with van der Waals surface area (Å²) in [5, 5.41) is 8.95. The molecule has 3 unspecified atom stereocenters. The van der Waals surface area contributed by atoms with Gasteiger partial charge in [0.1, 0.15) is 18.0 Å². The van der Waals surface area contributed by atoms with E-state index in [4.69, 9.17) is 14.6 Å². The van der Waals surface area contributed by atoms with E-state index in [9.17, 15) is 19.2 Å². The highest BCUT2D eigenvalue weighted by atomic mass is 16.5. The molecule has 4 rings (SSSR count). The van der Waals surface area contributed by atoms with E-state index in [2.05, 4.69) is 26.8 Å². The minimum atomic E-state index is -0.922. The zero-order chi connectivity index (χ0) is 27.5. The van der Waals surface area contributed by atoms with Crippen LogP contribution in [-0.2, 0) is 28.7 Å². The predicted octanol–water partition coefficient (Wildman–Crippen LogP) is 6.18. The van der Waals surface area contributed by atoms with Crippen molar-refractivity contribution in [3.8, 4) is 0 Å². The van der Waals surface area contributed by atoms with Crippen molar-refractivity contribution in [2.75, 3.05) is 0 Å². The Bertz CT molecular complexity index is 954. The number of ketones is 1. The molecule has 0 aliphatic heterocycles. The third-order valence-electron chi connectivity index (χ3n) is 10.3. The van der Waals surface area contributed by atoms with E-state index < -0.39 is 12.1 Å². The molecule has 0 heterocycles. The average molecular weight is 531 g/mol. The van der Waals surface area contributed by atoms with Crippen LogP contribution in [0.1, 0.15) is 117 Å². The molecule has 4 aliphatic carbocycles. The number of aliphatic carboxylic acids is 1. The molecule has 212 valence electrons. The quantitative estimate of drug-likeness (QED) is 0.193. The summed E-state index contributed by atoms with van der Waals surface area (Å²) < 4.78 is 12.0. The van der Waals surface area contributed by atoms with E-state index in [1.54, 1.807) is 0 Å². The van der Waals surface area contributed by atoms with Crippen molar-refractivity contribution in [2.24, 2.45) is 28.6 Å². The predicted molar refractivity (Wildman–Crippen MR) is 142 cm³/mol. The molecule has 4 aliphatic rings. The fourth-order valence-corrected chi connectivity index (χ4v) is 8.11. The fraction of sp³-hybridized carbons (Fsp3) is 0.806. The molecule has 7 nitrogen and oxygen atoms in total. The highest BCUT2D eigenvalue weighted by Gasteiger charge is 2.61. The van der Waals surface area contributed by atoms with Crippen LogP contribution in [0.4, 0.5) is 0 Å². The molecule has 0 saturated heterocycles. The first-order valence-electron chi connectivity index (χ1n) is 14.9. The molecule has 1 N–H and O–H groups in total. The lowest BCUT2D eigenvalue weighted by molar-refractivity contribution is -0.161. The Morgan fingerprint density at radius 1 is 0.895 bits per heavy atom. The van der Waals surface area contributed by atoms with Crippen molar-refractivity contribution in [1.82, 2.24) is 0 Å². The van der Waals surface area contributed by atoms with E-state index in [1.165, 1.54) is 5.57 Å². The fourth-order valence-electron chi connectivity index (χ4n) is 8.11. The summed E-state index contributed by atoms with van der Waals surface area (Å²) in [5.41, 5.74) is 0.792. The zero-order valence-electron chi connectivity index (χ0n) is 23.5. The average Bonchev–Trinajstić information content (AvgIpc) is 3.16. The van der Waals surface area contributed by atoms with Crippen LogP contribution in [0.3, 0.4) is 0 Å². The summed E-state index contributed by atoms with van der Waals surface area (Å²) >= 11 is 0. The lowest BCUT2D eigenvalue weighted by atomic mass is 9.47. The van der Waals surface area contributed by atoms with Gasteiger partial charge < -0.3 is 14.6 Å². The molecule has 0 spiro atoms. The maximum Gasteiger partial charge on any atom is 0.306 e. The lowest BCUT2D eigenvalue weighted by Crippen LogP contribution is -2.55. The first-order chi connectivity index (χ1) is 18.1. The summed E-state index contributed by atoms with van der Waals surface area (Å²) in [6.07, 6.45) is 12.1. The van der Waals surface area contributed by atoms with Crippen LogP contribution in [0.25, 0.3) is 0 Å². The van der Waals surface area contributed by atoms with Gasteiger partial charge >= 0.3 is 17.9 Å². The number of carboxylic acid groups (broad SMARTS) is 1. The lowest BCUT2D eigenvalue weighted by Gasteiger charge is -2.58. The first-order valence-corrected chi connectivity index (χ1v) is 14.9. The van der Waals surface area contributed by atoms with Crippen molar-refractivity contribution in [2.45, 2.75) is 129 Å². The van der Waals surface area contributed by atoms with Crippen molar-refractivity contribution in [3.63, 3.8) is 0 Å². The highest BCUT2D eigenvalue weighted by molar-refractivity contribution is 5.87. The number of ether oxygens (including phenoxy) is 2. The molecule has 38 heavy (non-hydrogen) atoms. The second-order valence-corrected chi connectivity index (χ2v) is 12.7. The number of esters is 2. The summed E-state index contributed by atoms with van der Waals surface area (Å²) in [6, 6.07) is 0. The van der Waals surface area contributed by atoms with Crippen molar-refractivity contribution in [1.29, 1.82) is 0 Å². The summed E-state index contributed by atoms with van der Waals surface area (Å²) in [5.74, 6) is -0.528. The molecule has 3 saturated carbocycles. The van der Waals surface area contributed by atoms with E-state index in [1.807, 2.05) is 0 Å². The van der Waals surface area contributed by atoms with Crippen molar-refractivity contribution in [3.05, 3.63) is 11.6 Å². The molecule has 0 aromatic heterocycles. The molecule has 7 heteroatoms. The van der Waals surface area contributed by atoms with Gasteiger partial charge in [-0.2, -0.15) is 0 Å². The van der Waals surface area contributed by atoms with Gasteiger partial charge in [0, 0.05) is 43.4 Å². The SMILES string of the molecule is CCCCCCC(=O)O[C@H]1CC[C@@]2(C)C(=C[C@@H](OC(=O)CCCC(=O)O)C3C2CC[C@]2(C)C(=O)CCC32)C1. The highest BCUT2D eigenvalue weighted by Crippen LogP contribution is 2.64. The molecule has 0 amide bonds. The zero-order valence-corrected chi connectivity index (χ0v) is 23.5. The Morgan fingerprint density at radius 2 is 1.58 bits per heavy atom. The second-order valence-electron chi connectivity index (χ2n) is 12.7. The summed E-state index contributed by atoms with van der Waals surface area (Å²) in [6.45, 7) is 6.58. The number of hydrogen-bond donors (Lipinski definition) is 1. The summed E-state index contributed by atoms with van der Waals surface area (Å²) in [4.78, 5) is 49.2. The van der Waals surface area contributed by atoms with Gasteiger partial charge in [-0.15, -0.1) is 0 Å². The number of unbranched alkanes of at least 4 members (excludes halogenated alkanes) is 3. The van der Waals surface area contributed by atoms with E-state index in [-0.39, 0.29) is 60.0 Å². The Hall–Kier alpha value is -2.18. The van der Waals surface area contributed by atoms with Crippen LogP contribution < -0.4 is 0 Å². The number of fused-ring (bicyclic) bond motifs is 5. The molecular weight excluding hydrogens is 484 g/mol. The Balaban J connectivity index is 1.52. The molecule has 0 bridgehead atoms. The van der Waals surface area contributed by atoms with Crippen molar-refractivity contribution < 1.29 is 33.8 Å². The number of rotatable bonds is 11. The number of Topliss-reactive ketones (excluding diaryl/α,β-unsaturated/α-hetero) is 1. The number of carbonyl (C=O) groups is 4. The first kappa shape index (κ1) is 28.8. The molecule has 0 radical (unpaired) electrons. The molecule has 0 aromatic carbocycles. The molecule has 3 fully saturated rings. The van der Waals surface area contributed by atoms with Gasteiger partial charge in [0.2, 0.25) is 0 Å². The summed E-state index contributed by atoms with van der Waals surface area (Å²) in [7, 11) is 0. The molecule has 7 atom stereocenters. The number of carbonyl (C=O) groups excluding carboxylic acids is 3. The van der Waals surface area contributed by atoms with Crippen LogP contribution in [0.5, 0.6) is 0 Å². The van der Waals surface area contributed by atoms with Crippen molar-refractivity contribution >= 4 is 23.7 Å². The smallest absolute Gasteiger partial charge is 0.306 e. The topological polar surface area (TPSA) is 107 Å². The third kappa shape index (κ3) is 5.86. The van der Waals surface area contributed by atoms with Crippen LogP contribution in [-0.4, -0.2) is 41.0 Å². The number of carboxylic acids is 1. The van der Waals surface area contributed by atoms with Gasteiger partial charge in [-0.25, -0.2) is 0 Å². The van der Waals surface area contributed by atoms with Crippen LogP contribution in [0, 0.1) is 28.6 Å². The third-order valence-corrected chi connectivity index (χ3v) is 10.3. The van der Waals surface area contributed by atoms with E-state index in [0.717, 1.165) is 57.8 Å². The Labute approximate surface area is 227 Å². The maximum absolute atomic E-state index is 12.9. The van der Waals surface area contributed by atoms with E-state index in [0.29, 0.717) is 31.0 Å². The minimum Gasteiger partial charge on any atom is -0.481 e. The largest absolute Gasteiger partial charge is 0.481 e. The Morgan fingerprint density at radius 3 is 2.32 bits per heavy atom. The van der Waals surface area contributed by atoms with Gasteiger partial charge in [0.25, 0.3) is 0 Å². The van der Waals surface area contributed by atoms with Gasteiger partial charge in [-0.3, -0.25) is 19.2 Å². The van der Waals surface area contributed by atoms with Crippen LogP contribution in [0.15, 0.2) is 11.6 Å². The van der Waals surface area contributed by atoms with Crippen LogP contribution >= 0.6 is 0 Å². The van der Waals surface area contributed by atoms with Gasteiger partial charge in [0.15, 0.2) is 0 Å². The standard InChI is InChI=1S/C31H46O7/c1-4-5-6-7-10-27(35)37-21-14-16-30(2)20(18-21)19-24(38-28(36)11-8-9-26(33)34)29-22-12-13-25(32)31(22,3)17-15-23(29)30/h19,21-24,29H,4-18H2,1-3H3,(H,33,34)/t21-,22?,23?,24+,29?,30-,31-/m0/s1. The molecule has 0 aromatic rings. The van der Waals surface area contributed by atoms with Gasteiger partial charge in [-0.05, 0) is 68.3 Å². The minimum absolute atomic E-state index is 0.0616. The second kappa shape index (κ2) is 11.9. The van der Waals surface area contributed by atoms with Gasteiger partial charge in [-0.1, -0.05) is 45.6 Å².